The van der Waals surface area contributed by atoms with Gasteiger partial charge in [0.2, 0.25) is 5.91 Å². The van der Waals surface area contributed by atoms with Crippen molar-refractivity contribution < 1.29 is 9.53 Å². The van der Waals surface area contributed by atoms with Gasteiger partial charge in [-0.1, -0.05) is 12.1 Å². The molecule has 1 aromatic heterocycles. The highest BCUT2D eigenvalue weighted by atomic mass is 16.5. The first-order valence-electron chi connectivity index (χ1n) is 9.71. The first-order chi connectivity index (χ1) is 13.2. The van der Waals surface area contributed by atoms with Crippen LogP contribution in [0.4, 0.5) is 5.82 Å². The maximum absolute atomic E-state index is 12.4. The van der Waals surface area contributed by atoms with E-state index in [1.54, 1.807) is 0 Å². The van der Waals surface area contributed by atoms with Gasteiger partial charge in [-0.25, -0.2) is 10.4 Å². The Morgan fingerprint density at radius 2 is 2.07 bits per heavy atom. The monoisotopic (exact) mass is 367 g/mol. The molecular formula is C20H25N5O2. The molecule has 0 radical (unpaired) electrons. The predicted octanol–water partition coefficient (Wildman–Crippen LogP) is 1.03. The fourth-order valence-electron chi connectivity index (χ4n) is 4.54. The molecule has 2 aromatic rings. The number of benzene rings is 1. The summed E-state index contributed by atoms with van der Waals surface area (Å²) < 4.78 is 5.55. The molecule has 3 fully saturated rings. The molecule has 0 saturated carbocycles. The van der Waals surface area contributed by atoms with E-state index in [1.807, 2.05) is 0 Å². The van der Waals surface area contributed by atoms with E-state index >= 15 is 0 Å². The number of nitrogens with one attached hydrogen (secondary N) is 3. The molecule has 5 rings (SSSR count). The molecule has 7 nitrogen and oxygen atoms in total. The van der Waals surface area contributed by atoms with Crippen LogP contribution in [0.1, 0.15) is 23.5 Å². The smallest absolute Gasteiger partial charge is 0.221 e. The fraction of sp³-hybridized carbons (Fsp3) is 0.500. The number of hydrazine groups is 1. The molecule has 3 aliphatic rings. The summed E-state index contributed by atoms with van der Waals surface area (Å²) in [4.78, 5) is 19.7. The van der Waals surface area contributed by atoms with Gasteiger partial charge in [0.25, 0.3) is 0 Å². The molecule has 3 N–H and O–H groups in total. The highest BCUT2D eigenvalue weighted by molar-refractivity contribution is 5.84. The second kappa shape index (κ2) is 6.74. The van der Waals surface area contributed by atoms with Crippen LogP contribution in [0.5, 0.6) is 0 Å². The van der Waals surface area contributed by atoms with Gasteiger partial charge in [0, 0.05) is 43.3 Å². The van der Waals surface area contributed by atoms with Gasteiger partial charge in [0.05, 0.1) is 24.9 Å². The number of nitrogens with zero attached hydrogens (tertiary/aromatic N) is 2. The summed E-state index contributed by atoms with van der Waals surface area (Å²) in [5.41, 5.74) is 9.81. The molecule has 3 aliphatic heterocycles. The Labute approximate surface area is 158 Å². The average molecular weight is 367 g/mol. The van der Waals surface area contributed by atoms with Gasteiger partial charge in [-0.3, -0.25) is 10.2 Å². The Kier molecular flexibility index (Phi) is 4.22. The minimum absolute atomic E-state index is 0.0255. The van der Waals surface area contributed by atoms with Gasteiger partial charge in [0.15, 0.2) is 0 Å². The summed E-state index contributed by atoms with van der Waals surface area (Å²) in [6.07, 6.45) is 0.475. The zero-order chi connectivity index (χ0) is 18.4. The molecule has 0 bridgehead atoms. The van der Waals surface area contributed by atoms with Crippen LogP contribution in [0.2, 0.25) is 0 Å². The van der Waals surface area contributed by atoms with Crippen LogP contribution < -0.4 is 21.1 Å². The van der Waals surface area contributed by atoms with Crippen molar-refractivity contribution in [2.75, 3.05) is 37.7 Å². The number of hydrogen-bond donors (Lipinski definition) is 3. The SMILES string of the molecule is Cc1ccc2cc(C3CC(=O)NC4NNCC43)c(N3CCOCC3)nc2c1. The van der Waals surface area contributed by atoms with Crippen LogP contribution in [0.3, 0.4) is 0 Å². The number of rotatable bonds is 2. The Hall–Kier alpha value is -2.22. The molecule has 4 heterocycles. The van der Waals surface area contributed by atoms with Crippen LogP contribution >= 0.6 is 0 Å². The molecule has 3 unspecified atom stereocenters. The third-order valence-electron chi connectivity index (χ3n) is 5.95. The lowest BCUT2D eigenvalue weighted by Crippen LogP contribution is -2.52. The van der Waals surface area contributed by atoms with Crippen molar-refractivity contribution in [3.8, 4) is 0 Å². The lowest BCUT2D eigenvalue weighted by molar-refractivity contribution is -0.124. The lowest BCUT2D eigenvalue weighted by Gasteiger charge is -2.36. The normalized spacial score (nSPS) is 28.3. The zero-order valence-electron chi connectivity index (χ0n) is 15.5. The summed E-state index contributed by atoms with van der Waals surface area (Å²) in [6.45, 7) is 6.03. The Morgan fingerprint density at radius 1 is 1.22 bits per heavy atom. The fourth-order valence-corrected chi connectivity index (χ4v) is 4.54. The molecule has 7 heteroatoms. The Morgan fingerprint density at radius 3 is 2.93 bits per heavy atom. The van der Waals surface area contributed by atoms with Gasteiger partial charge in [-0.05, 0) is 30.2 Å². The maximum atomic E-state index is 12.4. The number of morpholine rings is 1. The average Bonchev–Trinajstić information content (AvgIpc) is 3.15. The second-order valence-electron chi connectivity index (χ2n) is 7.74. The molecule has 142 valence electrons. The molecule has 0 spiro atoms. The molecule has 3 atom stereocenters. The summed E-state index contributed by atoms with van der Waals surface area (Å²) in [7, 11) is 0. The van der Waals surface area contributed by atoms with Crippen molar-refractivity contribution in [3.05, 3.63) is 35.4 Å². The minimum atomic E-state index is -0.0255. The minimum Gasteiger partial charge on any atom is -0.378 e. The van der Waals surface area contributed by atoms with Crippen LogP contribution in [0, 0.1) is 12.8 Å². The number of aromatic nitrogens is 1. The van der Waals surface area contributed by atoms with Gasteiger partial charge >= 0.3 is 0 Å². The molecule has 1 aromatic carbocycles. The number of piperidine rings is 1. The zero-order valence-corrected chi connectivity index (χ0v) is 15.5. The van der Waals surface area contributed by atoms with Gasteiger partial charge in [-0.15, -0.1) is 0 Å². The van der Waals surface area contributed by atoms with Gasteiger partial charge in [0.1, 0.15) is 5.82 Å². The Bertz CT molecular complexity index is 880. The van der Waals surface area contributed by atoms with Crippen molar-refractivity contribution in [1.29, 1.82) is 0 Å². The number of ether oxygens (including phenoxy) is 1. The van der Waals surface area contributed by atoms with Crippen molar-refractivity contribution in [1.82, 2.24) is 21.2 Å². The van der Waals surface area contributed by atoms with Gasteiger partial charge in [-0.2, -0.15) is 0 Å². The highest BCUT2D eigenvalue weighted by Gasteiger charge is 2.42. The molecule has 27 heavy (non-hydrogen) atoms. The number of hydrogen-bond acceptors (Lipinski definition) is 6. The number of aryl methyl sites for hydroxylation is 1. The van der Waals surface area contributed by atoms with Crippen LogP contribution in [-0.4, -0.2) is 49.9 Å². The van der Waals surface area contributed by atoms with E-state index in [2.05, 4.69) is 52.3 Å². The Balaban J connectivity index is 1.64. The van der Waals surface area contributed by atoms with Crippen molar-refractivity contribution in [2.24, 2.45) is 5.92 Å². The van der Waals surface area contributed by atoms with E-state index in [-0.39, 0.29) is 18.0 Å². The molecule has 0 aliphatic carbocycles. The van der Waals surface area contributed by atoms with E-state index in [0.717, 1.165) is 36.4 Å². The summed E-state index contributed by atoms with van der Waals surface area (Å²) in [6, 6.07) is 8.65. The number of carbonyl (C=O) groups is 1. The van der Waals surface area contributed by atoms with Crippen LogP contribution in [0.15, 0.2) is 24.3 Å². The number of anilines is 1. The van der Waals surface area contributed by atoms with Crippen molar-refractivity contribution >= 4 is 22.6 Å². The predicted molar refractivity (Wildman–Crippen MR) is 103 cm³/mol. The molecular weight excluding hydrogens is 342 g/mol. The number of amides is 1. The van der Waals surface area contributed by atoms with E-state index in [0.29, 0.717) is 25.6 Å². The first kappa shape index (κ1) is 16.9. The van der Waals surface area contributed by atoms with E-state index < -0.39 is 0 Å². The van der Waals surface area contributed by atoms with E-state index in [4.69, 9.17) is 9.72 Å². The highest BCUT2D eigenvalue weighted by Crippen LogP contribution is 2.40. The first-order valence-corrected chi connectivity index (χ1v) is 9.71. The third kappa shape index (κ3) is 3.05. The van der Waals surface area contributed by atoms with Gasteiger partial charge < -0.3 is 15.0 Å². The summed E-state index contributed by atoms with van der Waals surface area (Å²) in [5.74, 6) is 1.56. The van der Waals surface area contributed by atoms with Crippen LogP contribution in [0.25, 0.3) is 10.9 Å². The quantitative estimate of drug-likeness (QED) is 0.736. The second-order valence-corrected chi connectivity index (χ2v) is 7.74. The standard InChI is InChI=1S/C20H25N5O2/c1-12-2-3-13-9-15(14-10-18(26)23-19-16(14)11-21-24-19)20(22-17(13)8-12)25-4-6-27-7-5-25/h2-3,8-9,14,16,19,21,24H,4-7,10-11H2,1H3,(H,23,26). The largest absolute Gasteiger partial charge is 0.378 e. The number of fused-ring (bicyclic) bond motifs is 2. The topological polar surface area (TPSA) is 78.5 Å². The third-order valence-corrected chi connectivity index (χ3v) is 5.95. The molecule has 1 amide bonds. The van der Waals surface area contributed by atoms with Crippen molar-refractivity contribution in [2.45, 2.75) is 25.4 Å². The molecule has 3 saturated heterocycles. The summed E-state index contributed by atoms with van der Waals surface area (Å²) in [5, 5.41) is 4.19. The number of carbonyl (C=O) groups excluding carboxylic acids is 1. The van der Waals surface area contributed by atoms with E-state index in [1.165, 1.54) is 11.1 Å². The van der Waals surface area contributed by atoms with Crippen molar-refractivity contribution in [3.63, 3.8) is 0 Å². The summed E-state index contributed by atoms with van der Waals surface area (Å²) >= 11 is 0. The van der Waals surface area contributed by atoms with Crippen LogP contribution in [-0.2, 0) is 9.53 Å². The lowest BCUT2D eigenvalue weighted by atomic mass is 9.79. The number of pyridine rings is 1. The maximum Gasteiger partial charge on any atom is 0.221 e. The van der Waals surface area contributed by atoms with E-state index in [9.17, 15) is 4.79 Å².